The summed E-state index contributed by atoms with van der Waals surface area (Å²) in [7, 11) is 3.39. The van der Waals surface area contributed by atoms with E-state index in [1.54, 1.807) is 14.2 Å². The van der Waals surface area contributed by atoms with E-state index in [0.29, 0.717) is 19.0 Å². The Morgan fingerprint density at radius 3 is 2.77 bits per heavy atom. The Kier molecular flexibility index (Phi) is 5.41. The molecule has 162 valence electrons. The van der Waals surface area contributed by atoms with Gasteiger partial charge in [-0.25, -0.2) is 0 Å². The molecule has 3 heterocycles. The lowest BCUT2D eigenvalue weighted by atomic mass is 9.81. The number of methoxy groups -OCH3 is 2. The molecule has 2 aromatic heterocycles. The van der Waals surface area contributed by atoms with Crippen molar-refractivity contribution in [2.75, 3.05) is 27.4 Å². The molecule has 0 radical (unpaired) electrons. The topological polar surface area (TPSA) is 95.0 Å². The Hall–Kier alpha value is -2.84. The van der Waals surface area contributed by atoms with Gasteiger partial charge in [0, 0.05) is 19.4 Å². The van der Waals surface area contributed by atoms with Crippen LogP contribution in [0.25, 0.3) is 22.5 Å². The van der Waals surface area contributed by atoms with Gasteiger partial charge in [-0.3, -0.25) is 4.98 Å². The van der Waals surface area contributed by atoms with Gasteiger partial charge in [0.05, 0.1) is 25.0 Å². The fourth-order valence-electron chi connectivity index (χ4n) is 4.95. The van der Waals surface area contributed by atoms with Crippen molar-refractivity contribution in [2.24, 2.45) is 0 Å². The van der Waals surface area contributed by atoms with Crippen LogP contribution in [0.2, 0.25) is 0 Å². The molecule has 1 aromatic carbocycles. The van der Waals surface area contributed by atoms with Crippen molar-refractivity contribution >= 4 is 0 Å². The van der Waals surface area contributed by atoms with Crippen molar-refractivity contribution in [3.8, 4) is 28.3 Å². The van der Waals surface area contributed by atoms with Crippen LogP contribution in [0.15, 0.2) is 24.3 Å². The van der Waals surface area contributed by atoms with Crippen molar-refractivity contribution in [1.82, 2.24) is 25.6 Å². The fraction of sp³-hybridized carbons (Fsp3) is 0.478. The molecule has 0 amide bonds. The van der Waals surface area contributed by atoms with Crippen LogP contribution in [0.4, 0.5) is 0 Å². The van der Waals surface area contributed by atoms with Crippen LogP contribution in [0.5, 0.6) is 5.75 Å². The molecule has 8 nitrogen and oxygen atoms in total. The molecule has 3 aromatic rings. The van der Waals surface area contributed by atoms with E-state index in [2.05, 4.69) is 32.8 Å². The standard InChI is InChI=1S/C23H27N5O3/c1-29-14-23(11-6-12-31-23)21-20(22-25-27-28-26-22)19(15-7-5-8-16(13-15)30-2)17-9-3-4-10-18(17)24-21/h5,7-8,13H,3-4,6,9-12,14H2,1-2H3,(H,25,26,27,28). The highest BCUT2D eigenvalue weighted by atomic mass is 16.5. The number of ether oxygens (including phenoxy) is 3. The molecule has 1 atom stereocenters. The van der Waals surface area contributed by atoms with E-state index in [4.69, 9.17) is 19.2 Å². The number of hydrogen-bond acceptors (Lipinski definition) is 7. The smallest absolute Gasteiger partial charge is 0.207 e. The number of rotatable bonds is 6. The van der Waals surface area contributed by atoms with E-state index in [-0.39, 0.29) is 0 Å². The minimum Gasteiger partial charge on any atom is -0.497 e. The number of benzene rings is 1. The summed E-state index contributed by atoms with van der Waals surface area (Å²) < 4.78 is 17.5. The van der Waals surface area contributed by atoms with Gasteiger partial charge < -0.3 is 14.2 Å². The summed E-state index contributed by atoms with van der Waals surface area (Å²) in [6.45, 7) is 1.11. The summed E-state index contributed by atoms with van der Waals surface area (Å²) in [5.74, 6) is 1.34. The predicted octanol–water partition coefficient (Wildman–Crippen LogP) is 3.47. The van der Waals surface area contributed by atoms with Crippen LogP contribution < -0.4 is 4.74 Å². The monoisotopic (exact) mass is 421 g/mol. The lowest BCUT2D eigenvalue weighted by Gasteiger charge is -2.32. The summed E-state index contributed by atoms with van der Waals surface area (Å²) >= 11 is 0. The second-order valence-corrected chi connectivity index (χ2v) is 8.19. The predicted molar refractivity (Wildman–Crippen MR) is 115 cm³/mol. The molecular weight excluding hydrogens is 394 g/mol. The lowest BCUT2D eigenvalue weighted by molar-refractivity contribution is -0.0586. The molecular formula is C23H27N5O3. The Bertz CT molecular complexity index is 1060. The Morgan fingerprint density at radius 1 is 1.13 bits per heavy atom. The summed E-state index contributed by atoms with van der Waals surface area (Å²) in [4.78, 5) is 5.21. The molecule has 1 fully saturated rings. The number of aromatic amines is 1. The lowest BCUT2D eigenvalue weighted by Crippen LogP contribution is -2.33. The fourth-order valence-corrected chi connectivity index (χ4v) is 4.95. The number of fused-ring (bicyclic) bond motifs is 1. The third-order valence-corrected chi connectivity index (χ3v) is 6.31. The molecule has 2 aliphatic rings. The first kappa shape index (κ1) is 20.1. The van der Waals surface area contributed by atoms with E-state index in [1.165, 1.54) is 5.56 Å². The second kappa shape index (κ2) is 8.36. The minimum absolute atomic E-state index is 0.432. The average molecular weight is 422 g/mol. The number of hydrogen-bond donors (Lipinski definition) is 1. The number of H-pyrrole nitrogens is 1. The van der Waals surface area contributed by atoms with Crippen LogP contribution >= 0.6 is 0 Å². The van der Waals surface area contributed by atoms with Crippen LogP contribution in [0, 0.1) is 0 Å². The molecule has 1 saturated heterocycles. The molecule has 8 heteroatoms. The zero-order valence-electron chi connectivity index (χ0n) is 18.0. The van der Waals surface area contributed by atoms with Crippen LogP contribution in [-0.2, 0) is 27.9 Å². The van der Waals surface area contributed by atoms with Crippen molar-refractivity contribution < 1.29 is 14.2 Å². The maximum atomic E-state index is 6.33. The normalized spacial score (nSPS) is 20.6. The van der Waals surface area contributed by atoms with E-state index in [1.807, 2.05) is 12.1 Å². The Labute approximate surface area is 181 Å². The van der Waals surface area contributed by atoms with E-state index in [0.717, 1.165) is 72.4 Å². The first-order valence-corrected chi connectivity index (χ1v) is 10.8. The summed E-state index contributed by atoms with van der Waals surface area (Å²) in [6, 6.07) is 8.15. The third-order valence-electron chi connectivity index (χ3n) is 6.31. The number of pyridine rings is 1. The van der Waals surface area contributed by atoms with Gasteiger partial charge in [0.25, 0.3) is 0 Å². The van der Waals surface area contributed by atoms with Gasteiger partial charge in [-0.15, -0.1) is 10.2 Å². The van der Waals surface area contributed by atoms with Gasteiger partial charge in [0.2, 0.25) is 5.82 Å². The summed E-state index contributed by atoms with van der Waals surface area (Å²) in [6.07, 6.45) is 6.00. The quantitative estimate of drug-likeness (QED) is 0.651. The van der Waals surface area contributed by atoms with Crippen molar-refractivity contribution in [2.45, 2.75) is 44.1 Å². The first-order chi connectivity index (χ1) is 15.3. The highest BCUT2D eigenvalue weighted by Crippen LogP contribution is 2.46. The van der Waals surface area contributed by atoms with Crippen molar-refractivity contribution in [3.05, 3.63) is 41.2 Å². The largest absolute Gasteiger partial charge is 0.497 e. The van der Waals surface area contributed by atoms with Crippen molar-refractivity contribution in [3.63, 3.8) is 0 Å². The molecule has 0 spiro atoms. The van der Waals surface area contributed by atoms with Gasteiger partial charge in [0.1, 0.15) is 11.4 Å². The van der Waals surface area contributed by atoms with E-state index >= 15 is 0 Å². The summed E-state index contributed by atoms with van der Waals surface area (Å²) in [5.41, 5.74) is 5.67. The number of nitrogens with zero attached hydrogens (tertiary/aromatic N) is 4. The average Bonchev–Trinajstić information content (AvgIpc) is 3.51. The second-order valence-electron chi connectivity index (χ2n) is 8.19. The molecule has 1 unspecified atom stereocenters. The molecule has 1 aliphatic heterocycles. The minimum atomic E-state index is -0.620. The third kappa shape index (κ3) is 3.49. The number of aromatic nitrogens is 5. The zero-order valence-corrected chi connectivity index (χ0v) is 18.0. The van der Waals surface area contributed by atoms with Gasteiger partial charge >= 0.3 is 0 Å². The van der Waals surface area contributed by atoms with Crippen LogP contribution in [0.3, 0.4) is 0 Å². The van der Waals surface area contributed by atoms with Crippen LogP contribution in [0.1, 0.15) is 42.6 Å². The molecule has 1 N–H and O–H groups in total. The Morgan fingerprint density at radius 2 is 2.03 bits per heavy atom. The number of aryl methyl sites for hydroxylation is 1. The number of nitrogens with one attached hydrogen (secondary N) is 1. The highest BCUT2D eigenvalue weighted by Gasteiger charge is 2.43. The summed E-state index contributed by atoms with van der Waals surface area (Å²) in [5, 5.41) is 15.2. The van der Waals surface area contributed by atoms with Crippen molar-refractivity contribution in [1.29, 1.82) is 0 Å². The molecule has 0 bridgehead atoms. The highest BCUT2D eigenvalue weighted by molar-refractivity contribution is 5.86. The van der Waals surface area contributed by atoms with Gasteiger partial charge in [0.15, 0.2) is 0 Å². The first-order valence-electron chi connectivity index (χ1n) is 10.8. The number of tetrazole rings is 1. The zero-order chi connectivity index (χ0) is 21.3. The van der Waals surface area contributed by atoms with Gasteiger partial charge in [-0.05, 0) is 72.6 Å². The molecule has 5 rings (SSSR count). The van der Waals surface area contributed by atoms with Crippen LogP contribution in [-0.4, -0.2) is 53.0 Å². The molecule has 1 aliphatic carbocycles. The molecule has 0 saturated carbocycles. The SMILES string of the molecule is COCC1(c2nc3c(c(-c4cccc(OC)c4)c2-c2nn[nH]n2)CCCC3)CCCO1. The maximum absolute atomic E-state index is 6.33. The van der Waals surface area contributed by atoms with Gasteiger partial charge in [-0.2, -0.15) is 5.21 Å². The molecule has 31 heavy (non-hydrogen) atoms. The maximum Gasteiger partial charge on any atom is 0.207 e. The Balaban J connectivity index is 1.85. The van der Waals surface area contributed by atoms with Gasteiger partial charge in [-0.1, -0.05) is 12.1 Å². The van der Waals surface area contributed by atoms with E-state index in [9.17, 15) is 0 Å². The van der Waals surface area contributed by atoms with E-state index < -0.39 is 5.60 Å².